The third-order valence-corrected chi connectivity index (χ3v) is 2.71. The Bertz CT molecular complexity index is 432. The number of para-hydroxylation sites is 1. The molecule has 0 aliphatic carbocycles. The second kappa shape index (κ2) is 6.72. The molecule has 0 saturated heterocycles. The maximum Gasteiger partial charge on any atom is 0.174 e. The normalized spacial score (nSPS) is 12.9. The average Bonchev–Trinajstić information content (AvgIpc) is 2.36. The van der Waals surface area contributed by atoms with Gasteiger partial charge in [0.15, 0.2) is 6.61 Å². The summed E-state index contributed by atoms with van der Waals surface area (Å²) in [4.78, 5) is 0. The minimum Gasteiger partial charge on any atom is -0.478 e. The number of likely N-dealkylation sites (N-methyl/N-ethyl adjacent to an activating group) is 1. The number of rotatable bonds is 5. The van der Waals surface area contributed by atoms with Crippen LogP contribution in [0.3, 0.4) is 0 Å². The summed E-state index contributed by atoms with van der Waals surface area (Å²) in [7, 11) is 1.93. The number of hydrogen-bond donors (Lipinski definition) is 1. The van der Waals surface area contributed by atoms with Crippen LogP contribution in [0.4, 0.5) is 0 Å². The van der Waals surface area contributed by atoms with Gasteiger partial charge in [0.05, 0.1) is 0 Å². The highest BCUT2D eigenvalue weighted by Crippen LogP contribution is 2.21. The molecule has 1 aromatic rings. The molecule has 1 aromatic carbocycles. The van der Waals surface area contributed by atoms with Crippen molar-refractivity contribution in [2.75, 3.05) is 13.7 Å². The lowest BCUT2D eigenvalue weighted by Crippen LogP contribution is -2.21. The Morgan fingerprint density at radius 1 is 1.53 bits per heavy atom. The molecular formula is C14H18N2O. The lowest BCUT2D eigenvalue weighted by molar-refractivity contribution is 0.367. The zero-order valence-electron chi connectivity index (χ0n) is 10.5. The van der Waals surface area contributed by atoms with Crippen LogP contribution in [0.25, 0.3) is 6.08 Å². The molecular weight excluding hydrogens is 212 g/mol. The second-order valence-electron chi connectivity index (χ2n) is 3.88. The van der Waals surface area contributed by atoms with E-state index in [1.165, 1.54) is 5.57 Å². The van der Waals surface area contributed by atoms with Gasteiger partial charge >= 0.3 is 0 Å². The summed E-state index contributed by atoms with van der Waals surface area (Å²) in [6.07, 6.45) is 2.08. The van der Waals surface area contributed by atoms with Gasteiger partial charge in [0, 0.05) is 11.6 Å². The summed E-state index contributed by atoms with van der Waals surface area (Å²) >= 11 is 0. The summed E-state index contributed by atoms with van der Waals surface area (Å²) in [5, 5.41) is 11.7. The van der Waals surface area contributed by atoms with Crippen LogP contribution in [-0.4, -0.2) is 19.7 Å². The summed E-state index contributed by atoms with van der Waals surface area (Å²) in [6.45, 7) is 4.25. The highest BCUT2D eigenvalue weighted by atomic mass is 16.5. The number of benzene rings is 1. The molecule has 0 aliphatic rings. The monoisotopic (exact) mass is 230 g/mol. The lowest BCUT2D eigenvalue weighted by Gasteiger charge is -2.12. The van der Waals surface area contributed by atoms with E-state index in [-0.39, 0.29) is 6.61 Å². The Labute approximate surface area is 103 Å². The molecule has 0 heterocycles. The van der Waals surface area contributed by atoms with Gasteiger partial charge in [-0.1, -0.05) is 29.8 Å². The van der Waals surface area contributed by atoms with E-state index in [0.717, 1.165) is 11.3 Å². The van der Waals surface area contributed by atoms with E-state index in [1.54, 1.807) is 0 Å². The zero-order chi connectivity index (χ0) is 12.7. The number of nitrogens with zero attached hydrogens (tertiary/aromatic N) is 1. The van der Waals surface area contributed by atoms with Gasteiger partial charge in [-0.25, -0.2) is 0 Å². The molecule has 0 radical (unpaired) electrons. The first kappa shape index (κ1) is 13.3. The van der Waals surface area contributed by atoms with E-state index in [4.69, 9.17) is 10.00 Å². The van der Waals surface area contributed by atoms with Crippen LogP contribution in [-0.2, 0) is 0 Å². The van der Waals surface area contributed by atoms with E-state index >= 15 is 0 Å². The molecule has 0 aromatic heterocycles. The molecule has 0 aliphatic heterocycles. The molecule has 0 amide bonds. The van der Waals surface area contributed by atoms with Crippen molar-refractivity contribution in [3.8, 4) is 11.8 Å². The Morgan fingerprint density at radius 3 is 2.88 bits per heavy atom. The first-order chi connectivity index (χ1) is 8.19. The third kappa shape index (κ3) is 3.93. The highest BCUT2D eigenvalue weighted by Gasteiger charge is 2.04. The number of hydrogen-bond acceptors (Lipinski definition) is 3. The van der Waals surface area contributed by atoms with Gasteiger partial charge in [0.25, 0.3) is 0 Å². The van der Waals surface area contributed by atoms with Gasteiger partial charge in [0.2, 0.25) is 0 Å². The van der Waals surface area contributed by atoms with Gasteiger partial charge in [-0.05, 0) is 27.0 Å². The van der Waals surface area contributed by atoms with Crippen LogP contribution < -0.4 is 10.1 Å². The first-order valence-electron chi connectivity index (χ1n) is 5.63. The fourth-order valence-corrected chi connectivity index (χ4v) is 1.44. The first-order valence-corrected chi connectivity index (χ1v) is 5.63. The van der Waals surface area contributed by atoms with Crippen molar-refractivity contribution in [2.45, 2.75) is 19.9 Å². The molecule has 0 spiro atoms. The fraction of sp³-hybridized carbons (Fsp3) is 0.357. The van der Waals surface area contributed by atoms with Crippen molar-refractivity contribution in [3.63, 3.8) is 0 Å². The molecule has 17 heavy (non-hydrogen) atoms. The zero-order valence-corrected chi connectivity index (χ0v) is 10.5. The van der Waals surface area contributed by atoms with Crippen molar-refractivity contribution in [1.29, 1.82) is 5.26 Å². The van der Waals surface area contributed by atoms with Crippen LogP contribution in [0, 0.1) is 11.3 Å². The number of nitrogens with one attached hydrogen (secondary N) is 1. The van der Waals surface area contributed by atoms with E-state index in [9.17, 15) is 0 Å². The van der Waals surface area contributed by atoms with Gasteiger partial charge < -0.3 is 10.1 Å². The predicted octanol–water partition coefficient (Wildman–Crippen LogP) is 2.60. The third-order valence-electron chi connectivity index (χ3n) is 2.71. The molecule has 3 heteroatoms. The molecule has 1 atom stereocenters. The van der Waals surface area contributed by atoms with Gasteiger partial charge in [-0.3, -0.25) is 0 Å². The van der Waals surface area contributed by atoms with E-state index < -0.39 is 0 Å². The SMILES string of the molecule is CNC(C)/C(C)=C/c1ccccc1OCC#N. The van der Waals surface area contributed by atoms with E-state index in [1.807, 2.05) is 37.4 Å². The van der Waals surface area contributed by atoms with Crippen LogP contribution >= 0.6 is 0 Å². The molecule has 0 fully saturated rings. The van der Waals surface area contributed by atoms with Crippen LogP contribution in [0.2, 0.25) is 0 Å². The summed E-state index contributed by atoms with van der Waals surface area (Å²) in [5.41, 5.74) is 2.22. The average molecular weight is 230 g/mol. The number of ether oxygens (including phenoxy) is 1. The number of nitriles is 1. The standard InChI is InChI=1S/C14H18N2O/c1-11(12(2)16-3)10-13-6-4-5-7-14(13)17-9-8-15/h4-7,10,12,16H,9H2,1-3H3/b11-10+. The van der Waals surface area contributed by atoms with Crippen molar-refractivity contribution >= 4 is 6.08 Å². The van der Waals surface area contributed by atoms with Crippen molar-refractivity contribution in [2.24, 2.45) is 0 Å². The summed E-state index contributed by atoms with van der Waals surface area (Å²) < 4.78 is 5.37. The molecule has 3 nitrogen and oxygen atoms in total. The quantitative estimate of drug-likeness (QED) is 0.845. The van der Waals surface area contributed by atoms with Crippen molar-refractivity contribution < 1.29 is 4.74 Å². The maximum atomic E-state index is 8.53. The minimum atomic E-state index is 0.0749. The largest absolute Gasteiger partial charge is 0.478 e. The van der Waals surface area contributed by atoms with Crippen LogP contribution in [0.15, 0.2) is 29.8 Å². The summed E-state index contributed by atoms with van der Waals surface area (Å²) in [5.74, 6) is 0.747. The molecule has 1 unspecified atom stereocenters. The van der Waals surface area contributed by atoms with Crippen LogP contribution in [0.5, 0.6) is 5.75 Å². The van der Waals surface area contributed by atoms with Gasteiger partial charge in [-0.2, -0.15) is 5.26 Å². The Balaban J connectivity index is 2.94. The van der Waals surface area contributed by atoms with Crippen LogP contribution in [0.1, 0.15) is 19.4 Å². The maximum absolute atomic E-state index is 8.53. The Morgan fingerprint density at radius 2 is 2.24 bits per heavy atom. The minimum absolute atomic E-state index is 0.0749. The van der Waals surface area contributed by atoms with E-state index in [2.05, 4.69) is 25.2 Å². The second-order valence-corrected chi connectivity index (χ2v) is 3.88. The predicted molar refractivity (Wildman–Crippen MR) is 69.7 cm³/mol. The van der Waals surface area contributed by atoms with E-state index in [0.29, 0.717) is 6.04 Å². The molecule has 90 valence electrons. The van der Waals surface area contributed by atoms with Crippen molar-refractivity contribution in [3.05, 3.63) is 35.4 Å². The highest BCUT2D eigenvalue weighted by molar-refractivity contribution is 5.60. The lowest BCUT2D eigenvalue weighted by atomic mass is 10.1. The molecule has 1 rings (SSSR count). The topological polar surface area (TPSA) is 45.0 Å². The molecule has 0 saturated carbocycles. The van der Waals surface area contributed by atoms with Crippen molar-refractivity contribution in [1.82, 2.24) is 5.32 Å². The molecule has 1 N–H and O–H groups in total. The van der Waals surface area contributed by atoms with Gasteiger partial charge in [0.1, 0.15) is 11.8 Å². The van der Waals surface area contributed by atoms with Gasteiger partial charge in [-0.15, -0.1) is 0 Å². The summed E-state index contributed by atoms with van der Waals surface area (Å²) in [6, 6.07) is 10.0. The Kier molecular flexibility index (Phi) is 5.25. The Hall–Kier alpha value is -1.79. The molecule has 0 bridgehead atoms. The smallest absolute Gasteiger partial charge is 0.174 e. The fourth-order valence-electron chi connectivity index (χ4n) is 1.44.